The highest BCUT2D eigenvalue weighted by Crippen LogP contribution is 2.37. The fourth-order valence-electron chi connectivity index (χ4n) is 3.51. The van der Waals surface area contributed by atoms with Gasteiger partial charge in [-0.05, 0) is 12.1 Å². The second-order valence-electron chi connectivity index (χ2n) is 6.13. The molecule has 0 radical (unpaired) electrons. The summed E-state index contributed by atoms with van der Waals surface area (Å²) in [6.45, 7) is 1.90. The number of methoxy groups -OCH3 is 1. The Morgan fingerprint density at radius 3 is 2.54 bits per heavy atom. The molecule has 0 saturated carbocycles. The van der Waals surface area contributed by atoms with E-state index in [0.717, 1.165) is 0 Å². The molecule has 1 aromatic carbocycles. The quantitative estimate of drug-likeness (QED) is 0.808. The topological polar surface area (TPSA) is 66.9 Å². The highest BCUT2D eigenvalue weighted by Gasteiger charge is 2.52. The second-order valence-corrected chi connectivity index (χ2v) is 7.87. The van der Waals surface area contributed by atoms with E-state index in [4.69, 9.17) is 4.74 Å². The molecule has 3 rings (SSSR count). The lowest BCUT2D eigenvalue weighted by molar-refractivity contribution is -0.131. The standard InChI is InChI=1S/C17H22N2O4S/c1-23-12-11-19-15(20)13-24(22)17(19)7-9-18(10-8-17)16(21)14-5-3-2-4-6-14/h2-6H,7-13H2,1H3/t24-/m0/s1. The van der Waals surface area contributed by atoms with Crippen LogP contribution >= 0.6 is 0 Å². The molecule has 7 heteroatoms. The minimum absolute atomic E-state index is 0.0102. The summed E-state index contributed by atoms with van der Waals surface area (Å²) in [6.07, 6.45) is 1.10. The number of rotatable bonds is 4. The van der Waals surface area contributed by atoms with Gasteiger partial charge in [-0.1, -0.05) is 18.2 Å². The molecule has 1 atom stereocenters. The molecule has 0 unspecified atom stereocenters. The van der Waals surface area contributed by atoms with Crippen molar-refractivity contribution < 1.29 is 18.5 Å². The van der Waals surface area contributed by atoms with Crippen LogP contribution in [0.3, 0.4) is 0 Å². The van der Waals surface area contributed by atoms with Crippen molar-refractivity contribution in [1.82, 2.24) is 9.80 Å². The monoisotopic (exact) mass is 350 g/mol. The van der Waals surface area contributed by atoms with E-state index < -0.39 is 15.7 Å². The first-order valence-electron chi connectivity index (χ1n) is 8.11. The first-order chi connectivity index (χ1) is 11.6. The van der Waals surface area contributed by atoms with Crippen LogP contribution < -0.4 is 0 Å². The number of nitrogens with zero attached hydrogens (tertiary/aromatic N) is 2. The van der Waals surface area contributed by atoms with Crippen molar-refractivity contribution in [2.24, 2.45) is 0 Å². The van der Waals surface area contributed by atoms with Crippen LogP contribution in [0.1, 0.15) is 23.2 Å². The van der Waals surface area contributed by atoms with Crippen LogP contribution in [-0.2, 0) is 20.3 Å². The summed E-state index contributed by atoms with van der Waals surface area (Å²) in [4.78, 5) is 27.6. The first-order valence-corrected chi connectivity index (χ1v) is 9.42. The van der Waals surface area contributed by atoms with Crippen molar-refractivity contribution in [2.45, 2.75) is 17.7 Å². The molecule has 2 amide bonds. The zero-order chi connectivity index (χ0) is 17.2. The van der Waals surface area contributed by atoms with Crippen molar-refractivity contribution in [3.63, 3.8) is 0 Å². The Bertz CT molecular complexity index is 641. The molecule has 2 fully saturated rings. The van der Waals surface area contributed by atoms with Gasteiger partial charge in [0.25, 0.3) is 5.91 Å². The molecule has 1 spiro atoms. The molecule has 0 aliphatic carbocycles. The second kappa shape index (κ2) is 7.03. The molecule has 0 N–H and O–H groups in total. The number of benzene rings is 1. The lowest BCUT2D eigenvalue weighted by atomic mass is 10.0. The molecule has 2 saturated heterocycles. The summed E-state index contributed by atoms with van der Waals surface area (Å²) in [5.74, 6) is -0.00620. The molecule has 6 nitrogen and oxygen atoms in total. The maximum absolute atomic E-state index is 12.6. The van der Waals surface area contributed by atoms with Crippen LogP contribution in [0.25, 0.3) is 0 Å². The Labute approximate surface area is 144 Å². The SMILES string of the molecule is COCCN1C(=O)C[S@](=O)C12CCN(C(=O)c1ccccc1)CC2. The predicted molar refractivity (Wildman–Crippen MR) is 90.9 cm³/mol. The van der Waals surface area contributed by atoms with Crippen molar-refractivity contribution in [3.8, 4) is 0 Å². The van der Waals surface area contributed by atoms with Gasteiger partial charge in [-0.3, -0.25) is 13.8 Å². The average Bonchev–Trinajstić information content (AvgIpc) is 2.84. The summed E-state index contributed by atoms with van der Waals surface area (Å²) in [5.41, 5.74) is 0.660. The number of piperidine rings is 1. The molecule has 2 heterocycles. The van der Waals surface area contributed by atoms with E-state index in [-0.39, 0.29) is 17.6 Å². The van der Waals surface area contributed by atoms with E-state index in [0.29, 0.717) is 44.6 Å². The van der Waals surface area contributed by atoms with Gasteiger partial charge < -0.3 is 14.5 Å². The molecule has 0 bridgehead atoms. The van der Waals surface area contributed by atoms with Crippen LogP contribution in [-0.4, -0.2) is 69.8 Å². The third-order valence-corrected chi connectivity index (χ3v) is 6.83. The van der Waals surface area contributed by atoms with E-state index in [1.807, 2.05) is 18.2 Å². The first kappa shape index (κ1) is 17.1. The molecule has 24 heavy (non-hydrogen) atoms. The Balaban J connectivity index is 1.72. The summed E-state index contributed by atoms with van der Waals surface area (Å²) in [5, 5.41) is 0. The average molecular weight is 350 g/mol. The van der Waals surface area contributed by atoms with Crippen LogP contribution in [0.2, 0.25) is 0 Å². The number of hydrogen-bond acceptors (Lipinski definition) is 4. The number of carbonyl (C=O) groups is 2. The third-order valence-electron chi connectivity index (χ3n) is 4.84. The van der Waals surface area contributed by atoms with Gasteiger partial charge in [-0.15, -0.1) is 0 Å². The van der Waals surface area contributed by atoms with E-state index >= 15 is 0 Å². The normalized spacial score (nSPS) is 23.0. The largest absolute Gasteiger partial charge is 0.383 e. The smallest absolute Gasteiger partial charge is 0.253 e. The Hall–Kier alpha value is -1.73. The summed E-state index contributed by atoms with van der Waals surface area (Å²) in [6, 6.07) is 9.17. The van der Waals surface area contributed by atoms with Gasteiger partial charge in [0.05, 0.1) is 17.4 Å². The summed E-state index contributed by atoms with van der Waals surface area (Å²) >= 11 is 0. The molecule has 130 valence electrons. The number of carbonyl (C=O) groups excluding carboxylic acids is 2. The molecule has 1 aromatic rings. The van der Waals surface area contributed by atoms with Crippen molar-refractivity contribution >= 4 is 22.6 Å². The van der Waals surface area contributed by atoms with E-state index in [9.17, 15) is 13.8 Å². The Morgan fingerprint density at radius 2 is 1.92 bits per heavy atom. The number of likely N-dealkylation sites (tertiary alicyclic amines) is 1. The summed E-state index contributed by atoms with van der Waals surface area (Å²) < 4.78 is 17.7. The maximum atomic E-state index is 12.6. The van der Waals surface area contributed by atoms with E-state index in [1.54, 1.807) is 29.0 Å². The van der Waals surface area contributed by atoms with Crippen molar-refractivity contribution in [1.29, 1.82) is 0 Å². The molecular formula is C17H22N2O4S. The van der Waals surface area contributed by atoms with Gasteiger partial charge >= 0.3 is 0 Å². The van der Waals surface area contributed by atoms with Gasteiger partial charge in [0, 0.05) is 45.1 Å². The van der Waals surface area contributed by atoms with Crippen molar-refractivity contribution in [2.75, 3.05) is 39.1 Å². The van der Waals surface area contributed by atoms with Crippen LogP contribution in [0, 0.1) is 0 Å². The zero-order valence-corrected chi connectivity index (χ0v) is 14.6. The number of amides is 2. The Kier molecular flexibility index (Phi) is 5.01. The minimum atomic E-state index is -1.22. The van der Waals surface area contributed by atoms with Crippen LogP contribution in [0.4, 0.5) is 0 Å². The van der Waals surface area contributed by atoms with Crippen LogP contribution in [0.15, 0.2) is 30.3 Å². The van der Waals surface area contributed by atoms with Gasteiger partial charge in [0.2, 0.25) is 5.91 Å². The molecule has 2 aliphatic heterocycles. The minimum Gasteiger partial charge on any atom is -0.383 e. The number of hydrogen-bond donors (Lipinski definition) is 0. The van der Waals surface area contributed by atoms with Gasteiger partial charge in [0.15, 0.2) is 0 Å². The highest BCUT2D eigenvalue weighted by atomic mass is 32.2. The fourth-order valence-corrected chi connectivity index (χ4v) is 5.23. The predicted octanol–water partition coefficient (Wildman–Crippen LogP) is 0.856. The summed E-state index contributed by atoms with van der Waals surface area (Å²) in [7, 11) is 0.367. The van der Waals surface area contributed by atoms with E-state index in [2.05, 4.69) is 0 Å². The lowest BCUT2D eigenvalue weighted by Crippen LogP contribution is -2.56. The molecule has 2 aliphatic rings. The zero-order valence-electron chi connectivity index (χ0n) is 13.8. The lowest BCUT2D eigenvalue weighted by Gasteiger charge is -2.43. The maximum Gasteiger partial charge on any atom is 0.253 e. The van der Waals surface area contributed by atoms with Crippen molar-refractivity contribution in [3.05, 3.63) is 35.9 Å². The van der Waals surface area contributed by atoms with Gasteiger partial charge in [-0.25, -0.2) is 0 Å². The third kappa shape index (κ3) is 2.98. The Morgan fingerprint density at radius 1 is 1.25 bits per heavy atom. The highest BCUT2D eigenvalue weighted by molar-refractivity contribution is 7.87. The number of ether oxygens (including phenoxy) is 1. The van der Waals surface area contributed by atoms with Crippen LogP contribution in [0.5, 0.6) is 0 Å². The molecule has 0 aromatic heterocycles. The van der Waals surface area contributed by atoms with E-state index in [1.165, 1.54) is 0 Å². The fraction of sp³-hybridized carbons (Fsp3) is 0.529. The van der Waals surface area contributed by atoms with Gasteiger partial charge in [-0.2, -0.15) is 0 Å². The molecular weight excluding hydrogens is 328 g/mol. The van der Waals surface area contributed by atoms with Gasteiger partial charge in [0.1, 0.15) is 10.6 Å².